The van der Waals surface area contributed by atoms with E-state index >= 15 is 0 Å². The molecule has 158 valence electrons. The Bertz CT molecular complexity index is 986. The van der Waals surface area contributed by atoms with Crippen molar-refractivity contribution in [1.82, 2.24) is 15.1 Å². The van der Waals surface area contributed by atoms with E-state index < -0.39 is 5.82 Å². The average Bonchev–Trinajstić information content (AvgIpc) is 3.15. The first-order valence-electron chi connectivity index (χ1n) is 10.4. The number of aromatic nitrogens is 2. The molecule has 0 saturated carbocycles. The molecule has 6 nitrogen and oxygen atoms in total. The molecule has 1 N–H and O–H groups in total. The first-order chi connectivity index (χ1) is 14.6. The van der Waals surface area contributed by atoms with Gasteiger partial charge in [0.05, 0.1) is 31.6 Å². The predicted molar refractivity (Wildman–Crippen MR) is 112 cm³/mol. The van der Waals surface area contributed by atoms with Crippen molar-refractivity contribution in [3.8, 4) is 11.8 Å². The minimum absolute atomic E-state index is 0.0616. The van der Waals surface area contributed by atoms with Gasteiger partial charge in [0.2, 0.25) is 0 Å². The number of nitrogens with zero attached hydrogens (tertiary/aromatic N) is 3. The van der Waals surface area contributed by atoms with Crippen LogP contribution in [0.2, 0.25) is 0 Å². The van der Waals surface area contributed by atoms with Gasteiger partial charge in [-0.1, -0.05) is 6.07 Å². The maximum absolute atomic E-state index is 14.4. The number of rotatable bonds is 5. The predicted octanol–water partition coefficient (Wildman–Crippen LogP) is 3.76. The Hall–Kier alpha value is -2.69. The second kappa shape index (κ2) is 8.99. The highest BCUT2D eigenvalue weighted by atomic mass is 19.1. The zero-order chi connectivity index (χ0) is 21.1. The van der Waals surface area contributed by atoms with Crippen LogP contribution in [0.25, 0.3) is 11.3 Å². The molecular formula is C23H27FN4O2. The van der Waals surface area contributed by atoms with Crippen molar-refractivity contribution < 1.29 is 13.9 Å². The molecule has 0 amide bonds. The molecule has 1 aromatic heterocycles. The molecule has 0 bridgehead atoms. The number of nitriles is 1. The van der Waals surface area contributed by atoms with Crippen molar-refractivity contribution in [1.29, 1.82) is 5.26 Å². The van der Waals surface area contributed by atoms with Crippen LogP contribution in [0.1, 0.15) is 42.5 Å². The molecule has 2 aromatic rings. The standard InChI is InChI=1S/C23H27FN4O2/c1-15-23(29-2)14-28(27-15)22-6-3-16(9-19-13-26-7-8-30-19)10-20(22)17-4-5-18(12-25)21(24)11-17/h4-5,11,14,16,19,26H,3,6-10,13H2,1-2H3. The molecule has 1 fully saturated rings. The summed E-state index contributed by atoms with van der Waals surface area (Å²) in [5.74, 6) is 0.695. The maximum atomic E-state index is 14.4. The smallest absolute Gasteiger partial charge is 0.160 e. The minimum Gasteiger partial charge on any atom is -0.493 e. The minimum atomic E-state index is -0.488. The number of allylic oxidation sites excluding steroid dienone is 2. The lowest BCUT2D eigenvalue weighted by molar-refractivity contribution is 0.0129. The topological polar surface area (TPSA) is 72.1 Å². The molecule has 2 atom stereocenters. The van der Waals surface area contributed by atoms with Crippen LogP contribution < -0.4 is 10.1 Å². The van der Waals surface area contributed by atoms with E-state index in [2.05, 4.69) is 10.4 Å². The second-order valence-corrected chi connectivity index (χ2v) is 8.00. The zero-order valence-electron chi connectivity index (χ0n) is 17.4. The van der Waals surface area contributed by atoms with Crippen molar-refractivity contribution in [3.05, 3.63) is 47.0 Å². The van der Waals surface area contributed by atoms with Gasteiger partial charge in [-0.05, 0) is 61.8 Å². The molecule has 7 heteroatoms. The van der Waals surface area contributed by atoms with Gasteiger partial charge < -0.3 is 14.8 Å². The van der Waals surface area contributed by atoms with Gasteiger partial charge in [-0.2, -0.15) is 10.4 Å². The molecule has 1 aliphatic heterocycles. The zero-order valence-corrected chi connectivity index (χ0v) is 17.4. The number of methoxy groups -OCH3 is 1. The first kappa shape index (κ1) is 20.6. The lowest BCUT2D eigenvalue weighted by atomic mass is 9.80. The Kier molecular flexibility index (Phi) is 6.16. The summed E-state index contributed by atoms with van der Waals surface area (Å²) >= 11 is 0. The maximum Gasteiger partial charge on any atom is 0.160 e. The number of morpholine rings is 1. The molecule has 0 radical (unpaired) electrons. The van der Waals surface area contributed by atoms with Gasteiger partial charge >= 0.3 is 0 Å². The lowest BCUT2D eigenvalue weighted by Gasteiger charge is -2.32. The van der Waals surface area contributed by atoms with Gasteiger partial charge in [0.25, 0.3) is 0 Å². The summed E-state index contributed by atoms with van der Waals surface area (Å²) in [4.78, 5) is 0. The third-order valence-electron chi connectivity index (χ3n) is 6.02. The molecule has 1 aromatic carbocycles. The third kappa shape index (κ3) is 4.25. The Balaban J connectivity index is 1.69. The van der Waals surface area contributed by atoms with E-state index in [1.54, 1.807) is 13.2 Å². The van der Waals surface area contributed by atoms with Gasteiger partial charge in [0.15, 0.2) is 5.75 Å². The SMILES string of the molecule is COc1cn(C2=C(c3ccc(C#N)c(F)c3)CC(CC3CNCCO3)CC2)nc1C. The fraction of sp³-hybridized carbons (Fsp3) is 0.478. The Morgan fingerprint density at radius 2 is 2.30 bits per heavy atom. The average molecular weight is 410 g/mol. The van der Waals surface area contributed by atoms with Crippen molar-refractivity contribution in [2.24, 2.45) is 5.92 Å². The van der Waals surface area contributed by atoms with Crippen molar-refractivity contribution >= 4 is 11.3 Å². The largest absolute Gasteiger partial charge is 0.493 e. The van der Waals surface area contributed by atoms with Crippen LogP contribution in [0.4, 0.5) is 4.39 Å². The molecule has 1 aliphatic carbocycles. The molecule has 2 aliphatic rings. The van der Waals surface area contributed by atoms with E-state index in [4.69, 9.17) is 14.7 Å². The van der Waals surface area contributed by atoms with Gasteiger partial charge in [-0.3, -0.25) is 0 Å². The molecular weight excluding hydrogens is 383 g/mol. The van der Waals surface area contributed by atoms with Gasteiger partial charge in [0, 0.05) is 18.8 Å². The van der Waals surface area contributed by atoms with Crippen LogP contribution in [0.15, 0.2) is 24.4 Å². The quantitative estimate of drug-likeness (QED) is 0.813. The van der Waals surface area contributed by atoms with Crippen LogP contribution in [0.3, 0.4) is 0 Å². The van der Waals surface area contributed by atoms with E-state index in [1.807, 2.05) is 29.9 Å². The summed E-state index contributed by atoms with van der Waals surface area (Å²) in [6, 6.07) is 6.77. The highest BCUT2D eigenvalue weighted by Gasteiger charge is 2.28. The molecule has 30 heavy (non-hydrogen) atoms. The van der Waals surface area contributed by atoms with Crippen LogP contribution in [0.5, 0.6) is 5.75 Å². The Labute approximate surface area is 176 Å². The summed E-state index contributed by atoms with van der Waals surface area (Å²) in [6.07, 6.45) is 5.77. The summed E-state index contributed by atoms with van der Waals surface area (Å²) in [5.41, 5.74) is 3.82. The lowest BCUT2D eigenvalue weighted by Crippen LogP contribution is -2.39. The van der Waals surface area contributed by atoms with Crippen LogP contribution >= 0.6 is 0 Å². The molecule has 1 saturated heterocycles. The monoisotopic (exact) mass is 410 g/mol. The van der Waals surface area contributed by atoms with E-state index in [9.17, 15) is 4.39 Å². The normalized spacial score (nSPS) is 22.1. The first-order valence-corrected chi connectivity index (χ1v) is 10.4. The Morgan fingerprint density at radius 1 is 1.43 bits per heavy atom. The van der Waals surface area contributed by atoms with Crippen LogP contribution in [0, 0.1) is 30.0 Å². The van der Waals surface area contributed by atoms with E-state index in [1.165, 1.54) is 6.07 Å². The Morgan fingerprint density at radius 3 is 2.97 bits per heavy atom. The number of ether oxygens (including phenoxy) is 2. The fourth-order valence-electron chi connectivity index (χ4n) is 4.46. The molecule has 0 spiro atoms. The van der Waals surface area contributed by atoms with Crippen molar-refractivity contribution in [2.45, 2.75) is 38.7 Å². The summed E-state index contributed by atoms with van der Waals surface area (Å²) in [6.45, 7) is 4.44. The number of aryl methyl sites for hydroxylation is 1. The fourth-order valence-corrected chi connectivity index (χ4v) is 4.46. The van der Waals surface area contributed by atoms with E-state index in [0.717, 1.165) is 73.7 Å². The van der Waals surface area contributed by atoms with Crippen molar-refractivity contribution in [2.75, 3.05) is 26.8 Å². The molecule has 4 rings (SSSR count). The number of halogens is 1. The number of benzene rings is 1. The highest BCUT2D eigenvalue weighted by molar-refractivity contribution is 5.84. The summed E-state index contributed by atoms with van der Waals surface area (Å²) < 4.78 is 27.6. The number of hydrogen-bond acceptors (Lipinski definition) is 5. The summed E-state index contributed by atoms with van der Waals surface area (Å²) in [5, 5.41) is 17.1. The van der Waals surface area contributed by atoms with Crippen LogP contribution in [-0.4, -0.2) is 42.7 Å². The van der Waals surface area contributed by atoms with Gasteiger partial charge in [-0.25, -0.2) is 9.07 Å². The van der Waals surface area contributed by atoms with E-state index in [-0.39, 0.29) is 11.7 Å². The highest BCUT2D eigenvalue weighted by Crippen LogP contribution is 2.41. The summed E-state index contributed by atoms with van der Waals surface area (Å²) in [7, 11) is 1.63. The van der Waals surface area contributed by atoms with Crippen molar-refractivity contribution in [3.63, 3.8) is 0 Å². The molecule has 2 heterocycles. The van der Waals surface area contributed by atoms with Gasteiger partial charge in [-0.15, -0.1) is 0 Å². The number of nitrogens with one attached hydrogen (secondary N) is 1. The van der Waals surface area contributed by atoms with Crippen LogP contribution in [-0.2, 0) is 4.74 Å². The van der Waals surface area contributed by atoms with Gasteiger partial charge in [0.1, 0.15) is 17.6 Å². The second-order valence-electron chi connectivity index (χ2n) is 8.00. The molecule has 2 unspecified atom stereocenters. The third-order valence-corrected chi connectivity index (χ3v) is 6.02. The van der Waals surface area contributed by atoms with E-state index in [0.29, 0.717) is 5.92 Å². The number of hydrogen-bond donors (Lipinski definition) is 1.